The molecule has 3 nitrogen and oxygen atoms in total. The van der Waals surface area contributed by atoms with E-state index in [1.54, 1.807) is 18.0 Å². The van der Waals surface area contributed by atoms with Gasteiger partial charge in [0.1, 0.15) is 0 Å². The number of nitrogens with zero attached hydrogens (tertiary/aromatic N) is 2. The lowest BCUT2D eigenvalue weighted by Crippen LogP contribution is -1.79. The molecule has 0 saturated carbocycles. The van der Waals surface area contributed by atoms with Crippen LogP contribution >= 0.6 is 11.8 Å². The van der Waals surface area contributed by atoms with Gasteiger partial charge in [0.25, 0.3) is 0 Å². The lowest BCUT2D eigenvalue weighted by Gasteiger charge is -1.92. The molecule has 2 heterocycles. The highest BCUT2D eigenvalue weighted by Crippen LogP contribution is 2.15. The third kappa shape index (κ3) is 1.09. The Balaban J connectivity index is 2.67. The Bertz CT molecular complexity index is 368. The molecule has 4 heteroatoms. The monoisotopic (exact) mass is 165 g/mol. The molecule has 0 atom stereocenters. The Morgan fingerprint density at radius 3 is 3.18 bits per heavy atom. The van der Waals surface area contributed by atoms with E-state index in [1.807, 2.05) is 18.4 Å². The van der Waals surface area contributed by atoms with Crippen molar-refractivity contribution in [1.29, 1.82) is 0 Å². The zero-order chi connectivity index (χ0) is 7.68. The molecule has 0 aliphatic heterocycles. The van der Waals surface area contributed by atoms with Gasteiger partial charge in [-0.2, -0.15) is 5.10 Å². The second-order valence-electron chi connectivity index (χ2n) is 2.16. The number of fused-ring (bicyclic) bond motifs is 1. The minimum atomic E-state index is 0.858. The van der Waals surface area contributed by atoms with Crippen LogP contribution in [0.3, 0.4) is 0 Å². The highest BCUT2D eigenvalue weighted by molar-refractivity contribution is 7.98. The van der Waals surface area contributed by atoms with Gasteiger partial charge in [0, 0.05) is 5.39 Å². The number of hydrogen-bond donors (Lipinski definition) is 1. The maximum absolute atomic E-state index is 4.30. The normalized spacial score (nSPS) is 10.6. The molecule has 0 unspecified atom stereocenters. The van der Waals surface area contributed by atoms with Gasteiger partial charge in [-0.15, -0.1) is 11.8 Å². The zero-order valence-electron chi connectivity index (χ0n) is 6.03. The molecule has 0 bridgehead atoms. The minimum absolute atomic E-state index is 0.858. The maximum atomic E-state index is 4.30. The van der Waals surface area contributed by atoms with Crippen molar-refractivity contribution >= 4 is 22.8 Å². The standard InChI is InChI=1S/C7H7N3S/c1-11-6-3-2-5-4-8-10-7(5)9-6/h2-4H,1H3,(H,8,9,10). The van der Waals surface area contributed by atoms with E-state index in [1.165, 1.54) is 0 Å². The average Bonchev–Trinajstić information content (AvgIpc) is 2.50. The van der Waals surface area contributed by atoms with E-state index >= 15 is 0 Å². The van der Waals surface area contributed by atoms with Crippen LogP contribution < -0.4 is 0 Å². The summed E-state index contributed by atoms with van der Waals surface area (Å²) in [4.78, 5) is 4.30. The molecule has 56 valence electrons. The van der Waals surface area contributed by atoms with Crippen LogP contribution in [0.1, 0.15) is 0 Å². The van der Waals surface area contributed by atoms with Gasteiger partial charge in [0.15, 0.2) is 5.65 Å². The van der Waals surface area contributed by atoms with Gasteiger partial charge in [-0.25, -0.2) is 4.98 Å². The van der Waals surface area contributed by atoms with Gasteiger partial charge < -0.3 is 0 Å². The van der Waals surface area contributed by atoms with Gasteiger partial charge in [0.05, 0.1) is 11.2 Å². The summed E-state index contributed by atoms with van der Waals surface area (Å²) >= 11 is 1.63. The van der Waals surface area contributed by atoms with Gasteiger partial charge in [-0.05, 0) is 18.4 Å². The molecular formula is C7H7N3S. The quantitative estimate of drug-likeness (QED) is 0.654. The molecule has 0 saturated heterocycles. The van der Waals surface area contributed by atoms with E-state index in [4.69, 9.17) is 0 Å². The smallest absolute Gasteiger partial charge is 0.156 e. The Hall–Kier alpha value is -1.03. The van der Waals surface area contributed by atoms with Crippen LogP contribution in [0.4, 0.5) is 0 Å². The number of thioether (sulfide) groups is 1. The molecule has 1 N–H and O–H groups in total. The molecule has 0 radical (unpaired) electrons. The third-order valence-electron chi connectivity index (χ3n) is 1.48. The maximum Gasteiger partial charge on any atom is 0.156 e. The van der Waals surface area contributed by atoms with Crippen LogP contribution in [-0.2, 0) is 0 Å². The predicted octanol–water partition coefficient (Wildman–Crippen LogP) is 1.68. The Labute approximate surface area is 68.2 Å². The van der Waals surface area contributed by atoms with Crippen LogP contribution in [0.2, 0.25) is 0 Å². The first-order valence-corrected chi connectivity index (χ1v) is 4.47. The molecule has 0 amide bonds. The van der Waals surface area contributed by atoms with Crippen molar-refractivity contribution < 1.29 is 0 Å². The van der Waals surface area contributed by atoms with Gasteiger partial charge in [0.2, 0.25) is 0 Å². The first-order valence-electron chi connectivity index (χ1n) is 3.24. The van der Waals surface area contributed by atoms with Gasteiger partial charge in [-0.1, -0.05) is 0 Å². The average molecular weight is 165 g/mol. The van der Waals surface area contributed by atoms with E-state index in [0.29, 0.717) is 0 Å². The van der Waals surface area contributed by atoms with Crippen molar-refractivity contribution in [2.24, 2.45) is 0 Å². The summed E-state index contributed by atoms with van der Waals surface area (Å²) < 4.78 is 0. The molecule has 0 aliphatic carbocycles. The largest absolute Gasteiger partial charge is 0.261 e. The minimum Gasteiger partial charge on any atom is -0.261 e. The molecule has 2 aromatic heterocycles. The highest BCUT2D eigenvalue weighted by atomic mass is 32.2. The number of aromatic amines is 1. The lowest BCUT2D eigenvalue weighted by atomic mass is 10.4. The van der Waals surface area contributed by atoms with Crippen molar-refractivity contribution in [3.05, 3.63) is 18.3 Å². The van der Waals surface area contributed by atoms with E-state index in [9.17, 15) is 0 Å². The first-order chi connectivity index (χ1) is 5.40. The molecule has 11 heavy (non-hydrogen) atoms. The van der Waals surface area contributed by atoms with Crippen LogP contribution in [0.15, 0.2) is 23.4 Å². The number of pyridine rings is 1. The van der Waals surface area contributed by atoms with Crippen molar-refractivity contribution in [3.8, 4) is 0 Å². The topological polar surface area (TPSA) is 41.6 Å². The van der Waals surface area contributed by atoms with Crippen LogP contribution in [0.25, 0.3) is 11.0 Å². The summed E-state index contributed by atoms with van der Waals surface area (Å²) in [5.41, 5.74) is 0.858. The highest BCUT2D eigenvalue weighted by Gasteiger charge is 1.96. The molecule has 0 aromatic carbocycles. The summed E-state index contributed by atoms with van der Waals surface area (Å²) in [6.07, 6.45) is 3.77. The number of hydrogen-bond acceptors (Lipinski definition) is 3. The molecular weight excluding hydrogens is 158 g/mol. The molecule has 0 fully saturated rings. The third-order valence-corrected chi connectivity index (χ3v) is 2.13. The van der Waals surface area contributed by atoms with Gasteiger partial charge in [-0.3, -0.25) is 5.10 Å². The van der Waals surface area contributed by atoms with Crippen molar-refractivity contribution in [2.45, 2.75) is 5.03 Å². The van der Waals surface area contributed by atoms with Crippen LogP contribution in [0, 0.1) is 0 Å². The van der Waals surface area contributed by atoms with Crippen LogP contribution in [0.5, 0.6) is 0 Å². The summed E-state index contributed by atoms with van der Waals surface area (Å²) in [6.45, 7) is 0. The van der Waals surface area contributed by atoms with E-state index in [0.717, 1.165) is 16.1 Å². The predicted molar refractivity (Wildman–Crippen MR) is 45.7 cm³/mol. The van der Waals surface area contributed by atoms with Crippen LogP contribution in [-0.4, -0.2) is 21.4 Å². The first kappa shape index (κ1) is 6.67. The van der Waals surface area contributed by atoms with E-state index < -0.39 is 0 Å². The van der Waals surface area contributed by atoms with E-state index in [2.05, 4.69) is 15.2 Å². The molecule has 2 aromatic rings. The fourth-order valence-electron chi connectivity index (χ4n) is 0.922. The van der Waals surface area contributed by atoms with E-state index in [-0.39, 0.29) is 0 Å². The van der Waals surface area contributed by atoms with Gasteiger partial charge >= 0.3 is 0 Å². The number of nitrogens with one attached hydrogen (secondary N) is 1. The zero-order valence-corrected chi connectivity index (χ0v) is 6.85. The number of rotatable bonds is 1. The SMILES string of the molecule is CSc1ccc2cn[nH]c2n1. The van der Waals surface area contributed by atoms with Crippen molar-refractivity contribution in [3.63, 3.8) is 0 Å². The summed E-state index contributed by atoms with van der Waals surface area (Å²) in [5, 5.41) is 8.77. The Morgan fingerprint density at radius 2 is 2.36 bits per heavy atom. The second-order valence-corrected chi connectivity index (χ2v) is 2.99. The molecule has 0 spiro atoms. The van der Waals surface area contributed by atoms with Crippen molar-refractivity contribution in [1.82, 2.24) is 15.2 Å². The molecule has 2 rings (SSSR count). The Morgan fingerprint density at radius 1 is 1.45 bits per heavy atom. The number of aromatic nitrogens is 3. The number of H-pyrrole nitrogens is 1. The fraction of sp³-hybridized carbons (Fsp3) is 0.143. The lowest BCUT2D eigenvalue weighted by molar-refractivity contribution is 1.07. The fourth-order valence-corrected chi connectivity index (χ4v) is 1.31. The summed E-state index contributed by atoms with van der Waals surface area (Å²) in [6, 6.07) is 4.00. The van der Waals surface area contributed by atoms with Crippen molar-refractivity contribution in [2.75, 3.05) is 6.26 Å². The summed E-state index contributed by atoms with van der Waals surface area (Å²) in [5.74, 6) is 0. The second kappa shape index (κ2) is 2.54. The summed E-state index contributed by atoms with van der Waals surface area (Å²) in [7, 11) is 0. The molecule has 0 aliphatic rings. The Kier molecular flexibility index (Phi) is 1.54.